The maximum atomic E-state index is 12.5. The van der Waals surface area contributed by atoms with Gasteiger partial charge in [0, 0.05) is 10.8 Å². The fourth-order valence-electron chi connectivity index (χ4n) is 5.56. The Balaban J connectivity index is 2.45. The van der Waals surface area contributed by atoms with Crippen molar-refractivity contribution >= 4 is 0 Å². The number of nitrogens with zero attached hydrogens (tertiary/aromatic N) is 5. The largest absolute Gasteiger partial charge is 0.497 e. The lowest BCUT2D eigenvalue weighted by Crippen LogP contribution is -2.60. The second-order valence-electron chi connectivity index (χ2n) is 8.43. The van der Waals surface area contributed by atoms with Crippen molar-refractivity contribution in [1.82, 2.24) is 0 Å². The fourth-order valence-corrected chi connectivity index (χ4v) is 5.56. The summed E-state index contributed by atoms with van der Waals surface area (Å²) in [5.41, 5.74) is -3.33. The summed E-state index contributed by atoms with van der Waals surface area (Å²) in [6.07, 6.45) is 0.124. The number of nitriles is 4. The molecule has 35 heavy (non-hydrogen) atoms. The molecule has 1 aliphatic rings. The van der Waals surface area contributed by atoms with E-state index in [9.17, 15) is 31.2 Å². The van der Waals surface area contributed by atoms with E-state index in [0.717, 1.165) is 0 Å². The molecule has 1 aliphatic carbocycles. The van der Waals surface area contributed by atoms with Crippen molar-refractivity contribution in [3.05, 3.63) is 69.8 Å². The summed E-state index contributed by atoms with van der Waals surface area (Å²) >= 11 is 0. The second-order valence-corrected chi connectivity index (χ2v) is 8.43. The van der Waals surface area contributed by atoms with Gasteiger partial charge in [-0.2, -0.15) is 21.0 Å². The van der Waals surface area contributed by atoms with Gasteiger partial charge in [0.25, 0.3) is 0 Å². The molecular weight excluding hydrogens is 446 g/mol. The van der Waals surface area contributed by atoms with E-state index in [4.69, 9.17) is 9.47 Å². The molecule has 0 radical (unpaired) electrons. The lowest BCUT2D eigenvalue weighted by Gasteiger charge is -2.51. The first-order valence-electron chi connectivity index (χ1n) is 10.9. The molecule has 2 aromatic carbocycles. The smallest absolute Gasteiger partial charge is 0.227 e. The highest BCUT2D eigenvalue weighted by Gasteiger charge is 2.72. The minimum absolute atomic E-state index is 0.124. The topological polar surface area (TPSA) is 157 Å². The van der Waals surface area contributed by atoms with Gasteiger partial charge in [-0.15, -0.1) is 0 Å². The van der Waals surface area contributed by atoms with Crippen LogP contribution >= 0.6 is 0 Å². The van der Waals surface area contributed by atoms with Crippen LogP contribution < -0.4 is 9.47 Å². The molecule has 176 valence electrons. The molecule has 0 unspecified atom stereocenters. The van der Waals surface area contributed by atoms with Gasteiger partial charge in [0.15, 0.2) is 10.8 Å². The van der Waals surface area contributed by atoms with E-state index >= 15 is 0 Å². The molecule has 9 heteroatoms. The maximum absolute atomic E-state index is 12.5. The van der Waals surface area contributed by atoms with Crippen LogP contribution in [0.15, 0.2) is 48.5 Å². The molecule has 4 atom stereocenters. The van der Waals surface area contributed by atoms with Gasteiger partial charge in [0.2, 0.25) is 6.04 Å². The minimum Gasteiger partial charge on any atom is -0.497 e. The van der Waals surface area contributed by atoms with Crippen molar-refractivity contribution in [2.24, 2.45) is 16.7 Å². The molecule has 0 saturated heterocycles. The van der Waals surface area contributed by atoms with Crippen LogP contribution in [0.5, 0.6) is 11.5 Å². The number of hydrogen-bond donors (Lipinski definition) is 0. The van der Waals surface area contributed by atoms with Crippen molar-refractivity contribution in [2.45, 2.75) is 31.2 Å². The summed E-state index contributed by atoms with van der Waals surface area (Å²) in [6.45, 7) is 1.67. The third-order valence-corrected chi connectivity index (χ3v) is 7.09. The van der Waals surface area contributed by atoms with Crippen LogP contribution in [0.3, 0.4) is 0 Å². The molecule has 1 saturated carbocycles. The van der Waals surface area contributed by atoms with Crippen LogP contribution in [0.1, 0.15) is 36.3 Å². The molecule has 9 nitrogen and oxygen atoms in total. The number of benzene rings is 2. The van der Waals surface area contributed by atoms with E-state index in [-0.39, 0.29) is 6.42 Å². The molecule has 0 heterocycles. The van der Waals surface area contributed by atoms with Gasteiger partial charge in [0.1, 0.15) is 11.5 Å². The quantitative estimate of drug-likeness (QED) is 0.447. The number of nitro groups is 1. The maximum Gasteiger partial charge on any atom is 0.227 e. The van der Waals surface area contributed by atoms with Crippen LogP contribution in [0.25, 0.3) is 0 Å². The average Bonchev–Trinajstić information content (AvgIpc) is 2.91. The molecule has 2 aromatic rings. The van der Waals surface area contributed by atoms with Crippen LogP contribution in [0.2, 0.25) is 0 Å². The van der Waals surface area contributed by atoms with Gasteiger partial charge >= 0.3 is 0 Å². The average molecular weight is 470 g/mol. The van der Waals surface area contributed by atoms with Gasteiger partial charge in [-0.05, 0) is 41.8 Å². The number of methoxy groups -OCH3 is 2. The molecule has 0 N–H and O–H groups in total. The summed E-state index contributed by atoms with van der Waals surface area (Å²) < 4.78 is 10.4. The predicted octanol–water partition coefficient (Wildman–Crippen LogP) is 4.32. The van der Waals surface area contributed by atoms with Gasteiger partial charge < -0.3 is 9.47 Å². The number of rotatable bonds is 6. The van der Waals surface area contributed by atoms with Crippen molar-refractivity contribution in [2.75, 3.05) is 14.2 Å². The first-order valence-corrected chi connectivity index (χ1v) is 10.9. The van der Waals surface area contributed by atoms with E-state index in [2.05, 4.69) is 0 Å². The van der Waals surface area contributed by atoms with Crippen LogP contribution in [0, 0.1) is 72.2 Å². The standard InChI is InChI=1S/C26H23N5O4/c1-4-21-23(31(32)33)22(17-5-9-19(34-2)10-6-17)26(15-29,16-30)24(25(21,13-27)14-28)18-7-11-20(35-3)12-8-18/h5-12,21-24H,4H2,1-3H3/t21-,22-,23+,24+/m1/s1. The summed E-state index contributed by atoms with van der Waals surface area (Å²) in [7, 11) is 2.96. The van der Waals surface area contributed by atoms with Crippen molar-refractivity contribution < 1.29 is 14.4 Å². The summed E-state index contributed by atoms with van der Waals surface area (Å²) in [6, 6.07) is 19.4. The fraction of sp³-hybridized carbons (Fsp3) is 0.385. The SMILES string of the molecule is CC[C@@H]1[C@H]([N+](=O)[O-])[C@@H](c2ccc(OC)cc2)C(C#N)(C#N)[C@@H](c2ccc(OC)cc2)C1(C#N)C#N. The Hall–Kier alpha value is -4.60. The van der Waals surface area contributed by atoms with E-state index in [1.807, 2.05) is 24.3 Å². The van der Waals surface area contributed by atoms with Crippen LogP contribution in [0.4, 0.5) is 0 Å². The molecule has 3 rings (SSSR count). The van der Waals surface area contributed by atoms with Crippen LogP contribution in [-0.4, -0.2) is 25.2 Å². The Morgan fingerprint density at radius 1 is 0.829 bits per heavy atom. The van der Waals surface area contributed by atoms with Gasteiger partial charge in [-0.3, -0.25) is 10.1 Å². The lowest BCUT2D eigenvalue weighted by atomic mass is 9.44. The zero-order valence-corrected chi connectivity index (χ0v) is 19.5. The molecule has 0 aliphatic heterocycles. The molecule has 0 amide bonds. The Morgan fingerprint density at radius 3 is 1.60 bits per heavy atom. The highest BCUT2D eigenvalue weighted by Crippen LogP contribution is 2.64. The molecular formula is C26H23N5O4. The van der Waals surface area contributed by atoms with E-state index in [1.165, 1.54) is 14.2 Å². The summed E-state index contributed by atoms with van der Waals surface area (Å²) in [5.74, 6) is -2.51. The Kier molecular flexibility index (Phi) is 6.95. The van der Waals surface area contributed by atoms with Crippen molar-refractivity contribution in [1.29, 1.82) is 21.0 Å². The highest BCUT2D eigenvalue weighted by atomic mass is 16.6. The van der Waals surface area contributed by atoms with Crippen LogP contribution in [-0.2, 0) is 0 Å². The monoisotopic (exact) mass is 469 g/mol. The Bertz CT molecular complexity index is 1230. The first kappa shape index (κ1) is 25.0. The van der Waals surface area contributed by atoms with Crippen molar-refractivity contribution in [3.63, 3.8) is 0 Å². The Labute approximate surface area is 203 Å². The Morgan fingerprint density at radius 2 is 1.26 bits per heavy atom. The van der Waals surface area contributed by atoms with E-state index in [0.29, 0.717) is 22.6 Å². The minimum atomic E-state index is -2.10. The van der Waals surface area contributed by atoms with E-state index in [1.54, 1.807) is 55.5 Å². The normalized spacial score (nSPS) is 24.0. The van der Waals surface area contributed by atoms with Crippen molar-refractivity contribution in [3.8, 4) is 35.8 Å². The first-order chi connectivity index (χ1) is 16.8. The third-order valence-electron chi connectivity index (χ3n) is 7.09. The molecule has 0 aromatic heterocycles. The number of hydrogen-bond acceptors (Lipinski definition) is 8. The van der Waals surface area contributed by atoms with Gasteiger partial charge in [-0.25, -0.2) is 0 Å². The second kappa shape index (κ2) is 9.72. The molecule has 0 bridgehead atoms. The third kappa shape index (κ3) is 3.68. The highest BCUT2D eigenvalue weighted by molar-refractivity contribution is 5.49. The zero-order valence-electron chi connectivity index (χ0n) is 19.5. The summed E-state index contributed by atoms with van der Waals surface area (Å²) in [5, 5.41) is 54.3. The predicted molar refractivity (Wildman–Crippen MR) is 123 cm³/mol. The zero-order chi connectivity index (χ0) is 25.8. The molecule has 0 spiro atoms. The lowest BCUT2D eigenvalue weighted by molar-refractivity contribution is -0.546. The number of ether oxygens (including phenoxy) is 2. The molecule has 1 fully saturated rings. The van der Waals surface area contributed by atoms with Gasteiger partial charge in [0.05, 0.1) is 50.3 Å². The van der Waals surface area contributed by atoms with E-state index < -0.39 is 39.5 Å². The van der Waals surface area contributed by atoms with Gasteiger partial charge in [-0.1, -0.05) is 31.2 Å². The summed E-state index contributed by atoms with van der Waals surface area (Å²) in [4.78, 5) is 12.0.